The molecule has 1 aliphatic heterocycles. The SMILES string of the molecule is CCN1CCN(C(=O)c2cnc(NCCC3=CCCCC3)cn2)CC1. The Morgan fingerprint density at radius 3 is 2.64 bits per heavy atom. The zero-order valence-corrected chi connectivity index (χ0v) is 15.2. The average molecular weight is 343 g/mol. The van der Waals surface area contributed by atoms with Gasteiger partial charge in [0, 0.05) is 32.7 Å². The van der Waals surface area contributed by atoms with Gasteiger partial charge in [-0.3, -0.25) is 4.79 Å². The molecule has 1 fully saturated rings. The van der Waals surface area contributed by atoms with Crippen molar-refractivity contribution in [1.29, 1.82) is 0 Å². The molecular formula is C19H29N5O. The third-order valence-corrected chi connectivity index (χ3v) is 5.11. The number of piperazine rings is 1. The van der Waals surface area contributed by atoms with E-state index < -0.39 is 0 Å². The molecule has 3 rings (SSSR count). The molecule has 1 aliphatic carbocycles. The molecule has 2 aliphatic rings. The number of allylic oxidation sites excluding steroid dienone is 1. The number of nitrogens with zero attached hydrogens (tertiary/aromatic N) is 4. The number of hydrogen-bond donors (Lipinski definition) is 1. The smallest absolute Gasteiger partial charge is 0.274 e. The van der Waals surface area contributed by atoms with Crippen LogP contribution >= 0.6 is 0 Å². The second kappa shape index (κ2) is 8.94. The molecule has 6 nitrogen and oxygen atoms in total. The Bertz CT molecular complexity index is 590. The van der Waals surface area contributed by atoms with Crippen LogP contribution in [0.5, 0.6) is 0 Å². The van der Waals surface area contributed by atoms with E-state index in [1.54, 1.807) is 18.0 Å². The summed E-state index contributed by atoms with van der Waals surface area (Å²) in [6.45, 7) is 7.47. The second-order valence-electron chi connectivity index (χ2n) is 6.80. The lowest BCUT2D eigenvalue weighted by Gasteiger charge is -2.33. The molecule has 25 heavy (non-hydrogen) atoms. The Kier molecular flexibility index (Phi) is 6.39. The van der Waals surface area contributed by atoms with Gasteiger partial charge in [-0.1, -0.05) is 18.6 Å². The van der Waals surface area contributed by atoms with Crippen LogP contribution in [0.15, 0.2) is 24.0 Å². The molecule has 1 saturated heterocycles. The average Bonchev–Trinajstić information content (AvgIpc) is 2.69. The first kappa shape index (κ1) is 17.9. The largest absolute Gasteiger partial charge is 0.368 e. The molecule has 0 saturated carbocycles. The van der Waals surface area contributed by atoms with Crippen molar-refractivity contribution < 1.29 is 4.79 Å². The van der Waals surface area contributed by atoms with Crippen LogP contribution < -0.4 is 5.32 Å². The summed E-state index contributed by atoms with van der Waals surface area (Å²) >= 11 is 0. The summed E-state index contributed by atoms with van der Waals surface area (Å²) in [5, 5.41) is 3.31. The van der Waals surface area contributed by atoms with Crippen molar-refractivity contribution in [2.75, 3.05) is 44.6 Å². The van der Waals surface area contributed by atoms with Crippen LogP contribution in [0.2, 0.25) is 0 Å². The van der Waals surface area contributed by atoms with E-state index in [4.69, 9.17) is 0 Å². The maximum Gasteiger partial charge on any atom is 0.274 e. The fourth-order valence-electron chi connectivity index (χ4n) is 3.44. The minimum atomic E-state index is -0.0119. The lowest BCUT2D eigenvalue weighted by Crippen LogP contribution is -2.48. The molecule has 1 N–H and O–H groups in total. The quantitative estimate of drug-likeness (QED) is 0.805. The van der Waals surface area contributed by atoms with Gasteiger partial charge in [0.1, 0.15) is 11.5 Å². The van der Waals surface area contributed by atoms with Gasteiger partial charge in [-0.15, -0.1) is 0 Å². The summed E-state index contributed by atoms with van der Waals surface area (Å²) in [6, 6.07) is 0. The van der Waals surface area contributed by atoms with Crippen molar-refractivity contribution in [2.24, 2.45) is 0 Å². The van der Waals surface area contributed by atoms with E-state index in [9.17, 15) is 4.79 Å². The van der Waals surface area contributed by atoms with Gasteiger partial charge in [-0.05, 0) is 38.6 Å². The molecule has 0 radical (unpaired) electrons. The number of hydrogen-bond acceptors (Lipinski definition) is 5. The van der Waals surface area contributed by atoms with Crippen LogP contribution in [0.1, 0.15) is 49.5 Å². The number of anilines is 1. The van der Waals surface area contributed by atoms with Gasteiger partial charge in [0.15, 0.2) is 0 Å². The van der Waals surface area contributed by atoms with E-state index >= 15 is 0 Å². The third-order valence-electron chi connectivity index (χ3n) is 5.11. The first-order chi connectivity index (χ1) is 12.3. The lowest BCUT2D eigenvalue weighted by molar-refractivity contribution is 0.0637. The Labute approximate surface area is 150 Å². The zero-order chi connectivity index (χ0) is 17.5. The van der Waals surface area contributed by atoms with Crippen molar-refractivity contribution in [3.63, 3.8) is 0 Å². The minimum Gasteiger partial charge on any atom is -0.368 e. The first-order valence-electron chi connectivity index (χ1n) is 9.51. The fourth-order valence-corrected chi connectivity index (χ4v) is 3.44. The van der Waals surface area contributed by atoms with Crippen LogP contribution in [0.25, 0.3) is 0 Å². The maximum atomic E-state index is 12.5. The van der Waals surface area contributed by atoms with Crippen LogP contribution in [0, 0.1) is 0 Å². The predicted octanol–water partition coefficient (Wildman–Crippen LogP) is 2.56. The monoisotopic (exact) mass is 343 g/mol. The lowest BCUT2D eigenvalue weighted by atomic mass is 9.97. The van der Waals surface area contributed by atoms with Crippen LogP contribution in [0.4, 0.5) is 5.82 Å². The number of amides is 1. The molecule has 0 atom stereocenters. The summed E-state index contributed by atoms with van der Waals surface area (Å²) < 4.78 is 0. The summed E-state index contributed by atoms with van der Waals surface area (Å²) in [5.74, 6) is 0.728. The number of aromatic nitrogens is 2. The van der Waals surface area contributed by atoms with E-state index in [2.05, 4.69) is 33.2 Å². The normalized spacial score (nSPS) is 18.8. The minimum absolute atomic E-state index is 0.0119. The van der Waals surface area contributed by atoms with E-state index in [1.807, 2.05) is 4.90 Å². The van der Waals surface area contributed by atoms with Gasteiger partial charge in [-0.25, -0.2) is 9.97 Å². The molecular weight excluding hydrogens is 314 g/mol. The molecule has 1 aromatic rings. The number of rotatable bonds is 6. The van der Waals surface area contributed by atoms with Gasteiger partial charge in [0.05, 0.1) is 12.4 Å². The van der Waals surface area contributed by atoms with Gasteiger partial charge in [0.25, 0.3) is 5.91 Å². The van der Waals surface area contributed by atoms with Crippen LogP contribution in [-0.2, 0) is 0 Å². The Balaban J connectivity index is 1.46. The molecule has 1 amide bonds. The van der Waals surface area contributed by atoms with Crippen LogP contribution in [-0.4, -0.2) is 64.9 Å². The molecule has 136 valence electrons. The van der Waals surface area contributed by atoms with E-state index in [0.29, 0.717) is 5.69 Å². The van der Waals surface area contributed by atoms with E-state index in [-0.39, 0.29) is 5.91 Å². The van der Waals surface area contributed by atoms with E-state index in [0.717, 1.165) is 51.5 Å². The van der Waals surface area contributed by atoms with Crippen LogP contribution in [0.3, 0.4) is 0 Å². The first-order valence-corrected chi connectivity index (χ1v) is 9.51. The maximum absolute atomic E-state index is 12.5. The van der Waals surface area contributed by atoms with Gasteiger partial charge in [0.2, 0.25) is 0 Å². The number of carbonyl (C=O) groups is 1. The molecule has 6 heteroatoms. The second-order valence-corrected chi connectivity index (χ2v) is 6.80. The number of nitrogens with one attached hydrogen (secondary N) is 1. The highest BCUT2D eigenvalue weighted by Gasteiger charge is 2.22. The van der Waals surface area contributed by atoms with Crippen molar-refractivity contribution in [3.05, 3.63) is 29.7 Å². The van der Waals surface area contributed by atoms with Gasteiger partial charge >= 0.3 is 0 Å². The standard InChI is InChI=1S/C19H29N5O/c1-2-23-10-12-24(13-11-23)19(25)17-14-22-18(15-21-17)20-9-8-16-6-4-3-5-7-16/h6,14-15H,2-5,7-13H2,1H3,(H,20,22). The zero-order valence-electron chi connectivity index (χ0n) is 15.2. The summed E-state index contributed by atoms with van der Waals surface area (Å²) in [6.07, 6.45) is 11.8. The highest BCUT2D eigenvalue weighted by molar-refractivity contribution is 5.92. The van der Waals surface area contributed by atoms with Gasteiger partial charge in [-0.2, -0.15) is 0 Å². The Morgan fingerprint density at radius 1 is 1.16 bits per heavy atom. The Hall–Kier alpha value is -1.95. The Morgan fingerprint density at radius 2 is 2.00 bits per heavy atom. The molecule has 0 bridgehead atoms. The summed E-state index contributed by atoms with van der Waals surface area (Å²) in [4.78, 5) is 25.4. The number of likely N-dealkylation sites (N-methyl/N-ethyl adjacent to an activating group) is 1. The molecule has 0 unspecified atom stereocenters. The number of carbonyl (C=O) groups excluding carboxylic acids is 1. The topological polar surface area (TPSA) is 61.4 Å². The highest BCUT2D eigenvalue weighted by atomic mass is 16.2. The predicted molar refractivity (Wildman–Crippen MR) is 99.7 cm³/mol. The van der Waals surface area contributed by atoms with E-state index in [1.165, 1.54) is 25.7 Å². The molecule has 1 aromatic heterocycles. The molecule has 2 heterocycles. The van der Waals surface area contributed by atoms with Gasteiger partial charge < -0.3 is 15.1 Å². The van der Waals surface area contributed by atoms with Crippen molar-refractivity contribution in [3.8, 4) is 0 Å². The molecule has 0 spiro atoms. The molecule has 0 aromatic carbocycles. The van der Waals surface area contributed by atoms with Crippen molar-refractivity contribution in [1.82, 2.24) is 19.8 Å². The third kappa shape index (κ3) is 5.01. The van der Waals surface area contributed by atoms with Crippen molar-refractivity contribution in [2.45, 2.75) is 39.0 Å². The highest BCUT2D eigenvalue weighted by Crippen LogP contribution is 2.19. The van der Waals surface area contributed by atoms with Crippen molar-refractivity contribution >= 4 is 11.7 Å². The fraction of sp³-hybridized carbons (Fsp3) is 0.632. The summed E-state index contributed by atoms with van der Waals surface area (Å²) in [7, 11) is 0. The summed E-state index contributed by atoms with van der Waals surface area (Å²) in [5.41, 5.74) is 1.98.